The van der Waals surface area contributed by atoms with Crippen LogP contribution >= 0.6 is 0 Å². The van der Waals surface area contributed by atoms with Gasteiger partial charge in [-0.15, -0.1) is 0 Å². The zero-order valence-electron chi connectivity index (χ0n) is 13.4. The first-order chi connectivity index (χ1) is 11.8. The second kappa shape index (κ2) is 8.02. The van der Waals surface area contributed by atoms with Gasteiger partial charge in [0.1, 0.15) is 0 Å². The fourth-order valence-corrected chi connectivity index (χ4v) is 3.03. The number of benzene rings is 1. The molecule has 0 saturated heterocycles. The summed E-state index contributed by atoms with van der Waals surface area (Å²) < 4.78 is 51.0. The van der Waals surface area contributed by atoms with E-state index >= 15 is 0 Å². The zero-order valence-corrected chi connectivity index (χ0v) is 14.3. The Morgan fingerprint density at radius 1 is 1.20 bits per heavy atom. The summed E-state index contributed by atoms with van der Waals surface area (Å²) in [4.78, 5) is 16.0. The van der Waals surface area contributed by atoms with Crippen LogP contribution in [0, 0.1) is 11.6 Å². The minimum absolute atomic E-state index is 0.0427. The number of carbonyl (C=O) groups is 1. The van der Waals surface area contributed by atoms with E-state index in [-0.39, 0.29) is 31.1 Å². The lowest BCUT2D eigenvalue weighted by Gasteiger charge is -2.22. The molecule has 9 heteroatoms. The monoisotopic (exact) mass is 369 g/mol. The van der Waals surface area contributed by atoms with Gasteiger partial charge in [-0.05, 0) is 24.3 Å². The van der Waals surface area contributed by atoms with E-state index < -0.39 is 21.7 Å². The van der Waals surface area contributed by atoms with Crippen molar-refractivity contribution < 1.29 is 22.0 Å². The second-order valence-corrected chi connectivity index (χ2v) is 7.19. The van der Waals surface area contributed by atoms with Crippen LogP contribution in [0.2, 0.25) is 0 Å². The maximum Gasteiger partial charge on any atom is 0.232 e. The van der Waals surface area contributed by atoms with E-state index in [2.05, 4.69) is 10.3 Å². The van der Waals surface area contributed by atoms with Gasteiger partial charge in [-0.3, -0.25) is 14.1 Å². The summed E-state index contributed by atoms with van der Waals surface area (Å²) in [6.45, 7) is 0.0156. The SMILES string of the molecule is CS(=O)(=O)N(CCC(=O)NCc1ccccn1)c1ccc(F)c(F)c1. The molecule has 2 aromatic rings. The molecule has 0 unspecified atom stereocenters. The molecule has 0 saturated carbocycles. The summed E-state index contributed by atoms with van der Waals surface area (Å²) in [6, 6.07) is 8.03. The number of hydrogen-bond donors (Lipinski definition) is 1. The van der Waals surface area contributed by atoms with Crippen molar-refractivity contribution >= 4 is 21.6 Å². The molecule has 1 amide bonds. The average Bonchev–Trinajstić information content (AvgIpc) is 2.56. The molecule has 1 heterocycles. The number of aromatic nitrogens is 1. The predicted molar refractivity (Wildman–Crippen MR) is 89.2 cm³/mol. The van der Waals surface area contributed by atoms with Crippen LogP contribution in [-0.4, -0.2) is 32.1 Å². The van der Waals surface area contributed by atoms with E-state index in [9.17, 15) is 22.0 Å². The maximum atomic E-state index is 13.4. The summed E-state index contributed by atoms with van der Waals surface area (Å²) >= 11 is 0. The third-order valence-corrected chi connectivity index (χ3v) is 4.52. The Hall–Kier alpha value is -2.55. The quantitative estimate of drug-likeness (QED) is 0.808. The lowest BCUT2D eigenvalue weighted by Crippen LogP contribution is -2.34. The second-order valence-electron chi connectivity index (χ2n) is 5.28. The molecular formula is C16H17F2N3O3S. The summed E-state index contributed by atoms with van der Waals surface area (Å²) in [6.07, 6.45) is 2.38. The minimum atomic E-state index is -3.76. The zero-order chi connectivity index (χ0) is 18.4. The molecule has 134 valence electrons. The van der Waals surface area contributed by atoms with Gasteiger partial charge < -0.3 is 5.32 Å². The van der Waals surface area contributed by atoms with Gasteiger partial charge in [-0.2, -0.15) is 0 Å². The Bertz CT molecular complexity index is 845. The first kappa shape index (κ1) is 18.8. The normalized spacial score (nSPS) is 11.2. The molecule has 1 aromatic carbocycles. The highest BCUT2D eigenvalue weighted by atomic mass is 32.2. The van der Waals surface area contributed by atoms with Gasteiger partial charge in [0, 0.05) is 25.2 Å². The van der Waals surface area contributed by atoms with Crippen LogP contribution in [-0.2, 0) is 21.4 Å². The van der Waals surface area contributed by atoms with Crippen LogP contribution in [0.25, 0.3) is 0 Å². The van der Waals surface area contributed by atoms with Crippen molar-refractivity contribution in [3.63, 3.8) is 0 Å². The molecule has 2 rings (SSSR count). The highest BCUT2D eigenvalue weighted by molar-refractivity contribution is 7.92. The van der Waals surface area contributed by atoms with E-state index in [0.717, 1.165) is 28.8 Å². The molecule has 0 atom stereocenters. The molecule has 1 aromatic heterocycles. The van der Waals surface area contributed by atoms with E-state index in [1.165, 1.54) is 0 Å². The molecule has 0 bridgehead atoms. The number of carbonyl (C=O) groups excluding carboxylic acids is 1. The molecule has 0 radical (unpaired) electrons. The van der Waals surface area contributed by atoms with Crippen molar-refractivity contribution in [3.8, 4) is 0 Å². The molecule has 0 aliphatic heterocycles. The van der Waals surface area contributed by atoms with Crippen LogP contribution < -0.4 is 9.62 Å². The maximum absolute atomic E-state index is 13.4. The van der Waals surface area contributed by atoms with Crippen LogP contribution in [0.3, 0.4) is 0 Å². The Morgan fingerprint density at radius 2 is 1.96 bits per heavy atom. The first-order valence-electron chi connectivity index (χ1n) is 7.37. The smallest absolute Gasteiger partial charge is 0.232 e. The number of rotatable bonds is 7. The Morgan fingerprint density at radius 3 is 2.56 bits per heavy atom. The molecule has 25 heavy (non-hydrogen) atoms. The van der Waals surface area contributed by atoms with Gasteiger partial charge >= 0.3 is 0 Å². The topological polar surface area (TPSA) is 79.4 Å². The number of nitrogens with zero attached hydrogens (tertiary/aromatic N) is 2. The molecule has 0 aliphatic rings. The van der Waals surface area contributed by atoms with Crippen molar-refractivity contribution in [2.24, 2.45) is 0 Å². The molecule has 0 fully saturated rings. The predicted octanol–water partition coefficient (Wildman–Crippen LogP) is 1.83. The van der Waals surface area contributed by atoms with Crippen molar-refractivity contribution in [1.82, 2.24) is 10.3 Å². The molecule has 0 aliphatic carbocycles. The van der Waals surface area contributed by atoms with E-state index in [4.69, 9.17) is 0 Å². The van der Waals surface area contributed by atoms with Gasteiger partial charge in [-0.25, -0.2) is 17.2 Å². The van der Waals surface area contributed by atoms with Crippen molar-refractivity contribution in [3.05, 3.63) is 59.9 Å². The first-order valence-corrected chi connectivity index (χ1v) is 9.21. The Balaban J connectivity index is 2.00. The highest BCUT2D eigenvalue weighted by Crippen LogP contribution is 2.20. The number of amides is 1. The highest BCUT2D eigenvalue weighted by Gasteiger charge is 2.20. The number of halogens is 2. The van der Waals surface area contributed by atoms with Crippen LogP contribution in [0.1, 0.15) is 12.1 Å². The van der Waals surface area contributed by atoms with E-state index in [0.29, 0.717) is 5.69 Å². The standard InChI is InChI=1S/C16H17F2N3O3S/c1-25(23,24)21(13-5-6-14(17)15(18)10-13)9-7-16(22)20-11-12-4-2-3-8-19-12/h2-6,8,10H,7,9,11H2,1H3,(H,20,22). The molecule has 6 nitrogen and oxygen atoms in total. The molecule has 1 N–H and O–H groups in total. The van der Waals surface area contributed by atoms with Gasteiger partial charge in [-0.1, -0.05) is 6.07 Å². The van der Waals surface area contributed by atoms with Gasteiger partial charge in [0.2, 0.25) is 15.9 Å². The number of anilines is 1. The summed E-state index contributed by atoms with van der Waals surface area (Å²) in [5.74, 6) is -2.63. The fraction of sp³-hybridized carbons (Fsp3) is 0.250. The Labute approximate surface area is 144 Å². The van der Waals surface area contributed by atoms with Crippen molar-refractivity contribution in [1.29, 1.82) is 0 Å². The number of sulfonamides is 1. The fourth-order valence-electron chi connectivity index (χ4n) is 2.11. The van der Waals surface area contributed by atoms with Gasteiger partial charge in [0.25, 0.3) is 0 Å². The van der Waals surface area contributed by atoms with Crippen molar-refractivity contribution in [2.45, 2.75) is 13.0 Å². The number of nitrogens with one attached hydrogen (secondary N) is 1. The lowest BCUT2D eigenvalue weighted by molar-refractivity contribution is -0.121. The number of hydrogen-bond acceptors (Lipinski definition) is 4. The van der Waals surface area contributed by atoms with E-state index in [1.54, 1.807) is 24.4 Å². The van der Waals surface area contributed by atoms with Crippen LogP contribution in [0.4, 0.5) is 14.5 Å². The minimum Gasteiger partial charge on any atom is -0.350 e. The van der Waals surface area contributed by atoms with Gasteiger partial charge in [0.15, 0.2) is 11.6 Å². The van der Waals surface area contributed by atoms with E-state index in [1.807, 2.05) is 0 Å². The van der Waals surface area contributed by atoms with Gasteiger partial charge in [0.05, 0.1) is 24.2 Å². The summed E-state index contributed by atoms with van der Waals surface area (Å²) in [5, 5.41) is 2.62. The summed E-state index contributed by atoms with van der Waals surface area (Å²) in [5.41, 5.74) is 0.621. The van der Waals surface area contributed by atoms with Crippen LogP contribution in [0.15, 0.2) is 42.6 Å². The molecule has 0 spiro atoms. The lowest BCUT2D eigenvalue weighted by atomic mass is 10.3. The molecular weight excluding hydrogens is 352 g/mol. The summed E-state index contributed by atoms with van der Waals surface area (Å²) in [7, 11) is -3.76. The number of pyridine rings is 1. The largest absolute Gasteiger partial charge is 0.350 e. The third kappa shape index (κ3) is 5.49. The third-order valence-electron chi connectivity index (χ3n) is 3.33. The average molecular weight is 369 g/mol. The van der Waals surface area contributed by atoms with Crippen molar-refractivity contribution in [2.75, 3.05) is 17.1 Å². The van der Waals surface area contributed by atoms with Crippen LogP contribution in [0.5, 0.6) is 0 Å². The Kier molecular flexibility index (Phi) is 6.02.